The Kier molecular flexibility index (Phi) is 3.78. The van der Waals surface area contributed by atoms with Crippen LogP contribution in [0.1, 0.15) is 0 Å². The predicted octanol–water partition coefficient (Wildman–Crippen LogP) is 3.60. The van der Waals surface area contributed by atoms with Gasteiger partial charge in [0.15, 0.2) is 5.65 Å². The fraction of sp³-hybridized carbons (Fsp3) is 0.105. The molecule has 0 fully saturated rings. The third kappa shape index (κ3) is 3.01. The number of para-hydroxylation sites is 1. The second-order valence-electron chi connectivity index (χ2n) is 5.90. The molecule has 3 heterocycles. The maximum absolute atomic E-state index is 4.62. The number of nitrogens with one attached hydrogen (secondary N) is 1. The molecule has 0 unspecified atom stereocenters. The van der Waals surface area contributed by atoms with Crippen molar-refractivity contribution in [3.63, 3.8) is 0 Å². The summed E-state index contributed by atoms with van der Waals surface area (Å²) in [5.74, 6) is 1.47. The Morgan fingerprint density at radius 2 is 1.80 bits per heavy atom. The monoisotopic (exact) mass is 330 g/mol. The van der Waals surface area contributed by atoms with E-state index in [2.05, 4.69) is 20.4 Å². The van der Waals surface area contributed by atoms with Crippen molar-refractivity contribution in [2.45, 2.75) is 0 Å². The minimum Gasteiger partial charge on any atom is -0.363 e. The highest BCUT2D eigenvalue weighted by Gasteiger charge is 2.10. The zero-order chi connectivity index (χ0) is 17.2. The molecule has 0 aliphatic heterocycles. The quantitative estimate of drug-likeness (QED) is 0.619. The van der Waals surface area contributed by atoms with Gasteiger partial charge in [0.25, 0.3) is 0 Å². The van der Waals surface area contributed by atoms with Crippen molar-refractivity contribution in [1.29, 1.82) is 0 Å². The van der Waals surface area contributed by atoms with Gasteiger partial charge in [-0.2, -0.15) is 4.98 Å². The lowest BCUT2D eigenvalue weighted by Crippen LogP contribution is -2.10. The summed E-state index contributed by atoms with van der Waals surface area (Å²) in [6.45, 7) is 0. The van der Waals surface area contributed by atoms with Crippen LogP contribution < -0.4 is 10.2 Å². The highest BCUT2D eigenvalue weighted by atomic mass is 15.4. The normalized spacial score (nSPS) is 10.8. The maximum atomic E-state index is 4.62. The van der Waals surface area contributed by atoms with Crippen molar-refractivity contribution >= 4 is 23.1 Å². The van der Waals surface area contributed by atoms with Crippen LogP contribution in [0.15, 0.2) is 66.9 Å². The van der Waals surface area contributed by atoms with Gasteiger partial charge in [0, 0.05) is 31.5 Å². The Bertz CT molecular complexity index is 1010. The van der Waals surface area contributed by atoms with E-state index in [4.69, 9.17) is 0 Å². The van der Waals surface area contributed by atoms with Crippen molar-refractivity contribution in [2.24, 2.45) is 0 Å². The van der Waals surface area contributed by atoms with E-state index in [0.29, 0.717) is 5.95 Å². The third-order valence-electron chi connectivity index (χ3n) is 3.89. The maximum Gasteiger partial charge on any atom is 0.247 e. The molecule has 0 spiro atoms. The van der Waals surface area contributed by atoms with Crippen molar-refractivity contribution in [3.8, 4) is 11.3 Å². The predicted molar refractivity (Wildman–Crippen MR) is 100 cm³/mol. The van der Waals surface area contributed by atoms with Crippen LogP contribution >= 0.6 is 0 Å². The first-order valence-electron chi connectivity index (χ1n) is 8.02. The first kappa shape index (κ1) is 15.1. The lowest BCUT2D eigenvalue weighted by Gasteiger charge is -2.12. The summed E-state index contributed by atoms with van der Waals surface area (Å²) >= 11 is 0. The molecule has 6 nitrogen and oxygen atoms in total. The van der Waals surface area contributed by atoms with Gasteiger partial charge in [0.1, 0.15) is 5.82 Å². The van der Waals surface area contributed by atoms with E-state index >= 15 is 0 Å². The summed E-state index contributed by atoms with van der Waals surface area (Å²) in [4.78, 5) is 10.9. The molecule has 0 saturated heterocycles. The Balaban J connectivity index is 1.76. The highest BCUT2D eigenvalue weighted by Crippen LogP contribution is 2.24. The molecule has 4 aromatic rings. The zero-order valence-electron chi connectivity index (χ0n) is 14.1. The van der Waals surface area contributed by atoms with Crippen LogP contribution in [0.4, 0.5) is 17.5 Å². The minimum absolute atomic E-state index is 0.570. The van der Waals surface area contributed by atoms with E-state index in [1.807, 2.05) is 90.4 Å². The molecule has 0 saturated carbocycles. The van der Waals surface area contributed by atoms with Crippen molar-refractivity contribution < 1.29 is 0 Å². The molecule has 124 valence electrons. The number of benzene rings is 1. The fourth-order valence-electron chi connectivity index (χ4n) is 2.65. The SMILES string of the molecule is CN(C)c1cc(-c2cccc3nc(Nc4ccccc4)nn23)ccn1. The first-order valence-corrected chi connectivity index (χ1v) is 8.02. The number of hydrogen-bond acceptors (Lipinski definition) is 5. The van der Waals surface area contributed by atoms with Crippen LogP contribution in [0.3, 0.4) is 0 Å². The van der Waals surface area contributed by atoms with Crippen LogP contribution in [-0.4, -0.2) is 33.7 Å². The molecule has 3 aromatic heterocycles. The van der Waals surface area contributed by atoms with Crippen molar-refractivity contribution in [3.05, 3.63) is 66.9 Å². The number of fused-ring (bicyclic) bond motifs is 1. The summed E-state index contributed by atoms with van der Waals surface area (Å²) < 4.78 is 1.85. The Morgan fingerprint density at radius 1 is 0.960 bits per heavy atom. The molecule has 1 N–H and O–H groups in total. The Morgan fingerprint density at radius 3 is 2.60 bits per heavy atom. The molecule has 0 amide bonds. The zero-order valence-corrected chi connectivity index (χ0v) is 14.1. The second-order valence-corrected chi connectivity index (χ2v) is 5.90. The van der Waals surface area contributed by atoms with Crippen LogP contribution in [0.5, 0.6) is 0 Å². The summed E-state index contributed by atoms with van der Waals surface area (Å²) in [5.41, 5.74) is 3.76. The van der Waals surface area contributed by atoms with Crippen LogP contribution in [-0.2, 0) is 0 Å². The van der Waals surface area contributed by atoms with Crippen molar-refractivity contribution in [1.82, 2.24) is 19.6 Å². The van der Waals surface area contributed by atoms with Crippen LogP contribution in [0.2, 0.25) is 0 Å². The van der Waals surface area contributed by atoms with E-state index in [0.717, 1.165) is 28.4 Å². The lowest BCUT2D eigenvalue weighted by atomic mass is 10.1. The van der Waals surface area contributed by atoms with E-state index < -0.39 is 0 Å². The summed E-state index contributed by atoms with van der Waals surface area (Å²) in [6, 6.07) is 19.9. The Hall–Kier alpha value is -3.41. The van der Waals surface area contributed by atoms with Gasteiger partial charge in [0.05, 0.1) is 5.69 Å². The van der Waals surface area contributed by atoms with Gasteiger partial charge in [-0.1, -0.05) is 24.3 Å². The van der Waals surface area contributed by atoms with Gasteiger partial charge in [0.2, 0.25) is 5.95 Å². The molecule has 0 atom stereocenters. The fourth-order valence-corrected chi connectivity index (χ4v) is 2.65. The first-order chi connectivity index (χ1) is 12.2. The van der Waals surface area contributed by atoms with Gasteiger partial charge >= 0.3 is 0 Å². The van der Waals surface area contributed by atoms with E-state index in [9.17, 15) is 0 Å². The summed E-state index contributed by atoms with van der Waals surface area (Å²) in [5, 5.41) is 7.86. The standard InChI is InChI=1S/C19H18N6/c1-24(2)18-13-14(11-12-20-18)16-9-6-10-17-22-19(23-25(16)17)21-15-7-4-3-5-8-15/h3-13H,1-2H3,(H,21,23). The van der Waals surface area contributed by atoms with Crippen LogP contribution in [0.25, 0.3) is 16.9 Å². The molecule has 6 heteroatoms. The van der Waals surface area contributed by atoms with Gasteiger partial charge in [-0.3, -0.25) is 0 Å². The van der Waals surface area contributed by atoms with Crippen LogP contribution in [0, 0.1) is 0 Å². The average molecular weight is 330 g/mol. The smallest absolute Gasteiger partial charge is 0.247 e. The Labute approximate surface area is 145 Å². The van der Waals surface area contributed by atoms with Gasteiger partial charge in [-0.05, 0) is 36.4 Å². The molecule has 4 rings (SSSR count). The van der Waals surface area contributed by atoms with Gasteiger partial charge in [-0.15, -0.1) is 5.10 Å². The summed E-state index contributed by atoms with van der Waals surface area (Å²) in [7, 11) is 3.95. The lowest BCUT2D eigenvalue weighted by molar-refractivity contribution is 0.971. The molecule has 25 heavy (non-hydrogen) atoms. The number of rotatable bonds is 4. The molecule has 0 bridgehead atoms. The molecule has 0 aliphatic carbocycles. The van der Waals surface area contributed by atoms with E-state index in [-0.39, 0.29) is 0 Å². The van der Waals surface area contributed by atoms with E-state index in [1.54, 1.807) is 0 Å². The largest absolute Gasteiger partial charge is 0.363 e. The number of nitrogens with zero attached hydrogens (tertiary/aromatic N) is 5. The average Bonchev–Trinajstić information content (AvgIpc) is 3.05. The van der Waals surface area contributed by atoms with Gasteiger partial charge < -0.3 is 10.2 Å². The molecule has 1 aromatic carbocycles. The second kappa shape index (κ2) is 6.24. The molecule has 0 radical (unpaired) electrons. The van der Waals surface area contributed by atoms with Crippen molar-refractivity contribution in [2.75, 3.05) is 24.3 Å². The highest BCUT2D eigenvalue weighted by molar-refractivity contribution is 5.67. The number of aromatic nitrogens is 4. The summed E-state index contributed by atoms with van der Waals surface area (Å²) in [6.07, 6.45) is 1.81. The topological polar surface area (TPSA) is 58.4 Å². The molecule has 0 aliphatic rings. The minimum atomic E-state index is 0.570. The number of hydrogen-bond donors (Lipinski definition) is 1. The van der Waals surface area contributed by atoms with E-state index in [1.165, 1.54) is 0 Å². The molecular formula is C19H18N6. The number of anilines is 3. The number of pyridine rings is 2. The van der Waals surface area contributed by atoms with Gasteiger partial charge in [-0.25, -0.2) is 9.50 Å². The third-order valence-corrected chi connectivity index (χ3v) is 3.89. The molecular weight excluding hydrogens is 312 g/mol.